The van der Waals surface area contributed by atoms with Crippen molar-refractivity contribution in [2.24, 2.45) is 0 Å². The summed E-state index contributed by atoms with van der Waals surface area (Å²) >= 11 is 0. The Morgan fingerprint density at radius 2 is 1.33 bits per heavy atom. The summed E-state index contributed by atoms with van der Waals surface area (Å²) in [6, 6.07) is 0. The van der Waals surface area contributed by atoms with Crippen LogP contribution in [0, 0.1) is 0 Å². The van der Waals surface area contributed by atoms with Gasteiger partial charge in [-0.3, -0.25) is 23.4 Å². The second kappa shape index (κ2) is 28.2. The highest BCUT2D eigenvalue weighted by Crippen LogP contribution is 2.43. The summed E-state index contributed by atoms with van der Waals surface area (Å²) in [5.74, 6) is -1.06. The number of aliphatic hydroxyl groups is 1. The summed E-state index contributed by atoms with van der Waals surface area (Å²) in [4.78, 5) is 45.2. The molecule has 0 heterocycles. The molecule has 46 heavy (non-hydrogen) atoms. The largest absolute Gasteiger partial charge is 0.472 e. The summed E-state index contributed by atoms with van der Waals surface area (Å²) < 4.78 is 33.7. The zero-order chi connectivity index (χ0) is 34.5. The Bertz CT molecular complexity index is 903. The van der Waals surface area contributed by atoms with Crippen LogP contribution >= 0.6 is 7.82 Å². The molecule has 3 atom stereocenters. The summed E-state index contributed by atoms with van der Waals surface area (Å²) in [5, 5.41) is 9.96. The number of hydrogen-bond donors (Lipinski definition) is 2. The van der Waals surface area contributed by atoms with Crippen molar-refractivity contribution in [3.05, 3.63) is 24.3 Å². The van der Waals surface area contributed by atoms with E-state index in [9.17, 15) is 28.9 Å². The summed E-state index contributed by atoms with van der Waals surface area (Å²) in [6.45, 7) is 1.87. The van der Waals surface area contributed by atoms with Crippen molar-refractivity contribution >= 4 is 26.0 Å². The molecule has 0 aliphatic rings. The fourth-order valence-corrected chi connectivity index (χ4v) is 5.15. The van der Waals surface area contributed by atoms with E-state index in [1.54, 1.807) is 0 Å². The first kappa shape index (κ1) is 44.1. The first-order valence-corrected chi connectivity index (χ1v) is 18.6. The summed E-state index contributed by atoms with van der Waals surface area (Å²) in [7, 11) is 1.31. The van der Waals surface area contributed by atoms with Gasteiger partial charge in [-0.25, -0.2) is 4.57 Å². The van der Waals surface area contributed by atoms with Gasteiger partial charge in [-0.2, -0.15) is 0 Å². The summed E-state index contributed by atoms with van der Waals surface area (Å²) in [5.41, 5.74) is 0. The molecule has 0 aliphatic carbocycles. The van der Waals surface area contributed by atoms with Crippen molar-refractivity contribution in [2.45, 2.75) is 128 Å². The number of phosphoric acid groups is 1. The minimum Gasteiger partial charge on any atom is -0.462 e. The molecule has 11 nitrogen and oxygen atoms in total. The van der Waals surface area contributed by atoms with E-state index in [1.165, 1.54) is 82.1 Å². The Kier molecular flexibility index (Phi) is 27.0. The van der Waals surface area contributed by atoms with Crippen molar-refractivity contribution in [1.82, 2.24) is 0 Å². The van der Waals surface area contributed by atoms with Gasteiger partial charge in [0.25, 0.3) is 0 Å². The number of hydrogen-bond acceptors (Lipinski definition) is 9. The van der Waals surface area contributed by atoms with Crippen LogP contribution < -0.4 is 0 Å². The van der Waals surface area contributed by atoms with E-state index in [1.807, 2.05) is 21.1 Å². The van der Waals surface area contributed by atoms with E-state index < -0.39 is 38.6 Å². The second-order valence-corrected chi connectivity index (χ2v) is 14.2. The zero-order valence-electron chi connectivity index (χ0n) is 28.9. The molecule has 0 amide bonds. The lowest BCUT2D eigenvalue weighted by molar-refractivity contribution is -0.870. The third kappa shape index (κ3) is 30.8. The predicted octanol–water partition coefficient (Wildman–Crippen LogP) is 6.61. The van der Waals surface area contributed by atoms with Gasteiger partial charge >= 0.3 is 19.8 Å². The van der Waals surface area contributed by atoms with E-state index >= 15 is 0 Å². The van der Waals surface area contributed by atoms with Crippen molar-refractivity contribution in [1.29, 1.82) is 0 Å². The molecule has 0 saturated carbocycles. The quantitative estimate of drug-likeness (QED) is 0.0157. The molecule has 0 aliphatic heterocycles. The molecule has 0 spiro atoms. The monoisotopic (exact) mass is 676 g/mol. The van der Waals surface area contributed by atoms with E-state index in [4.69, 9.17) is 18.5 Å². The molecule has 2 N–H and O–H groups in total. The molecule has 0 aromatic carbocycles. The maximum Gasteiger partial charge on any atom is 0.472 e. The third-order valence-electron chi connectivity index (χ3n) is 7.17. The molecule has 2 unspecified atom stereocenters. The normalized spacial score (nSPS) is 14.7. The standard InChI is InChI=1S/C34H62NO10P/c1-5-6-7-8-9-10-11-12-13-14-15-16-19-24-33(38)42-29-32(30-44-46(40,41)43-28-26-35(2,3)4)45-34(39)25-21-23-31(37)22-18-17-20-27-36/h17-18,20,22,27,31-32,37H,5-16,19,21,23-26,28-30H2,1-4H3/p+1/t31?,32-/m1/s1. The van der Waals surface area contributed by atoms with Crippen LogP contribution in [-0.4, -0.2) is 92.4 Å². The minimum absolute atomic E-state index is 0.0163. The molecule has 0 radical (unpaired) electrons. The van der Waals surface area contributed by atoms with Crippen LogP contribution in [-0.2, 0) is 37.5 Å². The maximum absolute atomic E-state index is 12.5. The number of carbonyl (C=O) groups excluding carboxylic acids is 3. The SMILES string of the molecule is CCCCCCCCCCCCCCCC(=O)OC[C@H](COP(=O)(O)OCC[N+](C)(C)C)OC(=O)CCCC(O)C=CC=CC=O. The number of rotatable bonds is 31. The molecule has 0 saturated heterocycles. The molecule has 12 heteroatoms. The topological polar surface area (TPSA) is 146 Å². The van der Waals surface area contributed by atoms with E-state index in [2.05, 4.69) is 6.92 Å². The van der Waals surface area contributed by atoms with Crippen molar-refractivity contribution in [2.75, 3.05) is 47.5 Å². The summed E-state index contributed by atoms with van der Waals surface area (Å²) in [6.07, 6.45) is 20.9. The fraction of sp³-hybridized carbons (Fsp3) is 0.794. The van der Waals surface area contributed by atoms with Gasteiger partial charge in [0, 0.05) is 12.8 Å². The highest BCUT2D eigenvalue weighted by Gasteiger charge is 2.27. The van der Waals surface area contributed by atoms with Crippen molar-refractivity contribution in [3.63, 3.8) is 0 Å². The number of quaternary nitrogens is 1. The van der Waals surface area contributed by atoms with Gasteiger partial charge in [0.15, 0.2) is 6.10 Å². The molecule has 0 rings (SSSR count). The number of likely N-dealkylation sites (N-methyl/N-ethyl adjacent to an activating group) is 1. The lowest BCUT2D eigenvalue weighted by atomic mass is 10.0. The molecular formula is C34H63NO10P+. The number of carbonyl (C=O) groups is 3. The van der Waals surface area contributed by atoms with Gasteiger partial charge in [-0.15, -0.1) is 0 Å². The molecule has 0 aromatic heterocycles. The number of nitrogens with zero attached hydrogens (tertiary/aromatic N) is 1. The smallest absolute Gasteiger partial charge is 0.462 e. The van der Waals surface area contributed by atoms with Crippen LogP contribution in [0.15, 0.2) is 24.3 Å². The van der Waals surface area contributed by atoms with Gasteiger partial charge in [0.2, 0.25) is 0 Å². The van der Waals surface area contributed by atoms with E-state index in [-0.39, 0.29) is 32.5 Å². The minimum atomic E-state index is -4.43. The Labute approximate surface area is 277 Å². The van der Waals surface area contributed by atoms with Crippen LogP contribution in [0.25, 0.3) is 0 Å². The molecular weight excluding hydrogens is 613 g/mol. The number of allylic oxidation sites excluding steroid dienone is 3. The van der Waals surface area contributed by atoms with E-state index in [0.29, 0.717) is 30.2 Å². The third-order valence-corrected chi connectivity index (χ3v) is 8.15. The molecule has 0 aromatic rings. The van der Waals surface area contributed by atoms with E-state index in [0.717, 1.165) is 19.3 Å². The molecule has 0 bridgehead atoms. The van der Waals surface area contributed by atoms with Gasteiger partial charge < -0.3 is 24.0 Å². The first-order valence-electron chi connectivity index (χ1n) is 17.1. The second-order valence-electron chi connectivity index (χ2n) is 12.8. The number of phosphoric ester groups is 1. The Morgan fingerprint density at radius 1 is 0.761 bits per heavy atom. The average molecular weight is 677 g/mol. The first-order chi connectivity index (χ1) is 21.9. The Morgan fingerprint density at radius 3 is 1.89 bits per heavy atom. The number of aldehydes is 1. The molecule has 0 fully saturated rings. The van der Waals surface area contributed by atoms with Crippen LogP contribution in [0.1, 0.15) is 116 Å². The number of unbranched alkanes of at least 4 members (excludes halogenated alkanes) is 12. The lowest BCUT2D eigenvalue weighted by Crippen LogP contribution is -2.37. The maximum atomic E-state index is 12.5. The highest BCUT2D eigenvalue weighted by atomic mass is 31.2. The van der Waals surface area contributed by atoms with Crippen LogP contribution in [0.5, 0.6) is 0 Å². The Balaban J connectivity index is 4.55. The van der Waals surface area contributed by atoms with Crippen LogP contribution in [0.3, 0.4) is 0 Å². The van der Waals surface area contributed by atoms with Crippen molar-refractivity contribution in [3.8, 4) is 0 Å². The predicted molar refractivity (Wildman–Crippen MR) is 180 cm³/mol. The fourth-order valence-electron chi connectivity index (χ4n) is 4.40. The van der Waals surface area contributed by atoms with Crippen LogP contribution in [0.4, 0.5) is 0 Å². The number of esters is 2. The highest BCUT2D eigenvalue weighted by molar-refractivity contribution is 7.47. The Hall–Kier alpha value is -1.88. The van der Waals surface area contributed by atoms with Gasteiger partial charge in [0.05, 0.1) is 33.9 Å². The van der Waals surface area contributed by atoms with Gasteiger partial charge in [-0.1, -0.05) is 102 Å². The number of aliphatic hydroxyl groups excluding tert-OH is 1. The number of ether oxygens (including phenoxy) is 2. The van der Waals surface area contributed by atoms with Crippen molar-refractivity contribution < 1.29 is 52.0 Å². The average Bonchev–Trinajstić information content (AvgIpc) is 2.98. The lowest BCUT2D eigenvalue weighted by Gasteiger charge is -2.24. The zero-order valence-corrected chi connectivity index (χ0v) is 29.8. The van der Waals surface area contributed by atoms with Crippen LogP contribution in [0.2, 0.25) is 0 Å². The van der Waals surface area contributed by atoms with Gasteiger partial charge in [0.1, 0.15) is 26.0 Å². The molecule has 268 valence electrons. The van der Waals surface area contributed by atoms with Gasteiger partial charge in [-0.05, 0) is 25.3 Å².